The fourth-order valence-electron chi connectivity index (χ4n) is 3.16. The molecule has 7 nitrogen and oxygen atoms in total. The number of benzene rings is 2. The van der Waals surface area contributed by atoms with Crippen molar-refractivity contribution in [2.24, 2.45) is 0 Å². The maximum absolute atomic E-state index is 14.1. The molecule has 2 N–H and O–H groups in total. The number of nitrogens with zero attached hydrogens (tertiary/aromatic N) is 4. The van der Waals surface area contributed by atoms with Gasteiger partial charge in [-0.25, -0.2) is 19.2 Å². The third kappa shape index (κ3) is 3.34. The summed E-state index contributed by atoms with van der Waals surface area (Å²) >= 11 is 0. The fourth-order valence-corrected chi connectivity index (χ4v) is 3.16. The molecule has 4 aromatic rings. The van der Waals surface area contributed by atoms with E-state index in [1.807, 2.05) is 6.92 Å². The first-order valence-electron chi connectivity index (χ1n) is 8.88. The van der Waals surface area contributed by atoms with Crippen LogP contribution in [0.4, 0.5) is 4.39 Å². The largest absolute Gasteiger partial charge is 0.478 e. The summed E-state index contributed by atoms with van der Waals surface area (Å²) in [5, 5.41) is 24.3. The van der Waals surface area contributed by atoms with Crippen LogP contribution in [-0.2, 0) is 0 Å². The molecule has 0 aliphatic rings. The Balaban J connectivity index is 1.85. The molecule has 0 amide bonds. The minimum Gasteiger partial charge on any atom is -0.478 e. The maximum atomic E-state index is 14.1. The first-order valence-corrected chi connectivity index (χ1v) is 8.88. The molecule has 0 saturated carbocycles. The predicted octanol–water partition coefficient (Wildman–Crippen LogP) is 3.68. The van der Waals surface area contributed by atoms with Crippen molar-refractivity contribution in [1.82, 2.24) is 19.7 Å². The van der Waals surface area contributed by atoms with Crippen molar-refractivity contribution >= 4 is 16.9 Å². The second-order valence-electron chi connectivity index (χ2n) is 6.77. The standard InChI is InChI=1S/C21H17FN4O3/c1-11-3-6-17(22)16(7-11)14-9-23-21(24-10-14)26-18-8-13(20(28)29)4-5-15(18)19(25-26)12(2)27/h3-10,12,27H,1-2H3,(H,28,29). The SMILES string of the molecule is Cc1ccc(F)c(-c2cnc(-n3nc(C(C)O)c4ccc(C(=O)O)cc43)nc2)c1. The molecule has 0 bridgehead atoms. The summed E-state index contributed by atoms with van der Waals surface area (Å²) < 4.78 is 15.5. The van der Waals surface area contributed by atoms with E-state index in [2.05, 4.69) is 15.1 Å². The van der Waals surface area contributed by atoms with E-state index in [0.29, 0.717) is 27.7 Å². The minimum absolute atomic E-state index is 0.0780. The number of hydrogen-bond acceptors (Lipinski definition) is 5. The van der Waals surface area contributed by atoms with Crippen molar-refractivity contribution in [3.8, 4) is 17.1 Å². The highest BCUT2D eigenvalue weighted by atomic mass is 19.1. The molecule has 1 unspecified atom stereocenters. The van der Waals surface area contributed by atoms with Crippen molar-refractivity contribution in [3.05, 3.63) is 71.4 Å². The van der Waals surface area contributed by atoms with E-state index in [-0.39, 0.29) is 17.3 Å². The van der Waals surface area contributed by atoms with Gasteiger partial charge in [0.1, 0.15) is 5.82 Å². The third-order valence-electron chi connectivity index (χ3n) is 4.61. The number of carboxylic acids is 1. The predicted molar refractivity (Wildman–Crippen MR) is 104 cm³/mol. The van der Waals surface area contributed by atoms with Crippen LogP contribution in [0.5, 0.6) is 0 Å². The van der Waals surface area contributed by atoms with Crippen LogP contribution in [0.15, 0.2) is 48.8 Å². The van der Waals surface area contributed by atoms with Gasteiger partial charge in [-0.1, -0.05) is 11.6 Å². The van der Waals surface area contributed by atoms with Crippen molar-refractivity contribution in [3.63, 3.8) is 0 Å². The summed E-state index contributed by atoms with van der Waals surface area (Å²) in [7, 11) is 0. The van der Waals surface area contributed by atoms with Crippen molar-refractivity contribution in [1.29, 1.82) is 0 Å². The number of aromatic carboxylic acids is 1. The Morgan fingerprint density at radius 2 is 1.86 bits per heavy atom. The molecule has 8 heteroatoms. The molecular formula is C21H17FN4O3. The van der Waals surface area contributed by atoms with Crippen LogP contribution in [-0.4, -0.2) is 35.9 Å². The molecule has 0 saturated heterocycles. The van der Waals surface area contributed by atoms with Crippen LogP contribution in [0.2, 0.25) is 0 Å². The molecule has 1 atom stereocenters. The van der Waals surface area contributed by atoms with Crippen LogP contribution >= 0.6 is 0 Å². The van der Waals surface area contributed by atoms with Crippen LogP contribution in [0.1, 0.15) is 34.6 Å². The van der Waals surface area contributed by atoms with E-state index in [0.717, 1.165) is 5.56 Å². The Kier molecular flexibility index (Phi) is 4.56. The topological polar surface area (TPSA) is 101 Å². The summed E-state index contributed by atoms with van der Waals surface area (Å²) in [6.45, 7) is 3.44. The molecule has 2 aromatic heterocycles. The first-order chi connectivity index (χ1) is 13.8. The van der Waals surface area contributed by atoms with E-state index in [1.54, 1.807) is 25.1 Å². The zero-order valence-corrected chi connectivity index (χ0v) is 15.7. The number of aromatic nitrogens is 4. The smallest absolute Gasteiger partial charge is 0.335 e. The maximum Gasteiger partial charge on any atom is 0.335 e. The first kappa shape index (κ1) is 18.7. The number of carbonyl (C=O) groups is 1. The van der Waals surface area contributed by atoms with E-state index in [4.69, 9.17) is 0 Å². The van der Waals surface area contributed by atoms with Gasteiger partial charge in [0, 0.05) is 28.9 Å². The number of carboxylic acid groups (broad SMARTS) is 1. The number of aliphatic hydroxyl groups excluding tert-OH is 1. The van der Waals surface area contributed by atoms with Crippen molar-refractivity contribution < 1.29 is 19.4 Å². The van der Waals surface area contributed by atoms with Crippen LogP contribution in [0.3, 0.4) is 0 Å². The zero-order valence-electron chi connectivity index (χ0n) is 15.7. The van der Waals surface area contributed by atoms with Crippen molar-refractivity contribution in [2.75, 3.05) is 0 Å². The van der Waals surface area contributed by atoms with Gasteiger partial charge in [0.25, 0.3) is 5.95 Å². The lowest BCUT2D eigenvalue weighted by atomic mass is 10.1. The summed E-state index contributed by atoms with van der Waals surface area (Å²) in [4.78, 5) is 19.9. The monoisotopic (exact) mass is 392 g/mol. The summed E-state index contributed by atoms with van der Waals surface area (Å²) in [5.74, 6) is -1.27. The molecule has 29 heavy (non-hydrogen) atoms. The summed E-state index contributed by atoms with van der Waals surface area (Å²) in [6, 6.07) is 9.28. The molecule has 0 spiro atoms. The highest BCUT2D eigenvalue weighted by Gasteiger charge is 2.19. The summed E-state index contributed by atoms with van der Waals surface area (Å²) in [5.41, 5.74) is 2.72. The molecule has 0 radical (unpaired) electrons. The highest BCUT2D eigenvalue weighted by molar-refractivity contribution is 5.94. The normalized spacial score (nSPS) is 12.3. The van der Waals surface area contributed by atoms with Gasteiger partial charge in [-0.05, 0) is 44.2 Å². The molecule has 4 rings (SSSR count). The number of aliphatic hydroxyl groups is 1. The lowest BCUT2D eigenvalue weighted by Crippen LogP contribution is -2.04. The quantitative estimate of drug-likeness (QED) is 0.549. The van der Waals surface area contributed by atoms with Gasteiger partial charge in [0.2, 0.25) is 0 Å². The number of aryl methyl sites for hydroxylation is 1. The second kappa shape index (κ2) is 7.06. The van der Waals surface area contributed by atoms with Gasteiger partial charge < -0.3 is 10.2 Å². The Hall–Kier alpha value is -3.65. The molecular weight excluding hydrogens is 375 g/mol. The number of rotatable bonds is 4. The number of fused-ring (bicyclic) bond motifs is 1. The minimum atomic E-state index is -1.08. The highest BCUT2D eigenvalue weighted by Crippen LogP contribution is 2.27. The van der Waals surface area contributed by atoms with Gasteiger partial charge >= 0.3 is 5.97 Å². The Morgan fingerprint density at radius 1 is 1.14 bits per heavy atom. The molecule has 2 aromatic carbocycles. The lowest BCUT2D eigenvalue weighted by molar-refractivity contribution is 0.0697. The number of hydrogen-bond donors (Lipinski definition) is 2. The number of halogens is 1. The van der Waals surface area contributed by atoms with Crippen LogP contribution < -0.4 is 0 Å². The molecule has 0 fully saturated rings. The lowest BCUT2D eigenvalue weighted by Gasteiger charge is -2.06. The van der Waals surface area contributed by atoms with Gasteiger partial charge in [0.05, 0.1) is 22.9 Å². The molecule has 146 valence electrons. The Bertz CT molecular complexity index is 1230. The van der Waals surface area contributed by atoms with E-state index < -0.39 is 12.1 Å². The van der Waals surface area contributed by atoms with E-state index in [9.17, 15) is 19.4 Å². The fraction of sp³-hybridized carbons (Fsp3) is 0.143. The average Bonchev–Trinajstić information content (AvgIpc) is 3.09. The Labute approximate surface area is 165 Å². The Morgan fingerprint density at radius 3 is 2.52 bits per heavy atom. The summed E-state index contributed by atoms with van der Waals surface area (Å²) in [6.07, 6.45) is 2.10. The molecule has 2 heterocycles. The second-order valence-corrected chi connectivity index (χ2v) is 6.77. The van der Waals surface area contributed by atoms with Crippen LogP contribution in [0, 0.1) is 12.7 Å². The van der Waals surface area contributed by atoms with E-state index in [1.165, 1.54) is 35.3 Å². The van der Waals surface area contributed by atoms with Crippen LogP contribution in [0.25, 0.3) is 28.0 Å². The molecule has 0 aliphatic carbocycles. The molecule has 0 aliphatic heterocycles. The van der Waals surface area contributed by atoms with Gasteiger partial charge in [-0.15, -0.1) is 0 Å². The van der Waals surface area contributed by atoms with Gasteiger partial charge in [-0.2, -0.15) is 9.78 Å². The third-order valence-corrected chi connectivity index (χ3v) is 4.61. The van der Waals surface area contributed by atoms with E-state index >= 15 is 0 Å². The zero-order chi connectivity index (χ0) is 20.7. The van der Waals surface area contributed by atoms with Crippen molar-refractivity contribution in [2.45, 2.75) is 20.0 Å². The van der Waals surface area contributed by atoms with Gasteiger partial charge in [0.15, 0.2) is 0 Å². The van der Waals surface area contributed by atoms with Gasteiger partial charge in [-0.3, -0.25) is 0 Å². The average molecular weight is 392 g/mol.